The second-order valence-corrected chi connectivity index (χ2v) is 6.17. The first-order valence-electron chi connectivity index (χ1n) is 7.96. The summed E-state index contributed by atoms with van der Waals surface area (Å²) in [6.07, 6.45) is -4.76. The number of alkyl halides is 3. The number of esters is 1. The van der Waals surface area contributed by atoms with E-state index in [0.29, 0.717) is 0 Å². The zero-order chi connectivity index (χ0) is 17.2. The van der Waals surface area contributed by atoms with Crippen molar-refractivity contribution in [3.8, 4) is 0 Å². The lowest BCUT2D eigenvalue weighted by molar-refractivity contribution is -0.254. The van der Waals surface area contributed by atoms with Crippen LogP contribution in [0, 0.1) is 11.8 Å². The molecule has 4 nitrogen and oxygen atoms in total. The summed E-state index contributed by atoms with van der Waals surface area (Å²) in [5, 5.41) is 0. The maximum atomic E-state index is 13.1. The summed E-state index contributed by atoms with van der Waals surface area (Å²) in [6.45, 7) is 0.571. The topological polar surface area (TPSA) is 44.8 Å². The van der Waals surface area contributed by atoms with Gasteiger partial charge in [-0.25, -0.2) is 0 Å². The minimum atomic E-state index is -4.34. The molecule has 0 N–H and O–H groups in total. The van der Waals surface area contributed by atoms with Crippen LogP contribution in [0.25, 0.3) is 0 Å². The van der Waals surface area contributed by atoms with Crippen molar-refractivity contribution >= 4 is 5.97 Å². The van der Waals surface area contributed by atoms with Gasteiger partial charge in [0.1, 0.15) is 12.5 Å². The first-order chi connectivity index (χ1) is 11.4. The zero-order valence-electron chi connectivity index (χ0n) is 13.1. The molecule has 1 spiro atoms. The number of hydrogen-bond donors (Lipinski definition) is 0. The zero-order valence-corrected chi connectivity index (χ0v) is 13.1. The number of halogens is 3. The molecule has 1 aromatic rings. The Balaban J connectivity index is 1.71. The van der Waals surface area contributed by atoms with E-state index in [4.69, 9.17) is 14.2 Å². The van der Waals surface area contributed by atoms with Gasteiger partial charge in [0.15, 0.2) is 5.79 Å². The Hall–Kier alpha value is -1.60. The highest BCUT2D eigenvalue weighted by Gasteiger charge is 2.57. The number of carbonyl (C=O) groups is 1. The maximum absolute atomic E-state index is 13.1. The fourth-order valence-electron chi connectivity index (χ4n) is 3.35. The molecule has 24 heavy (non-hydrogen) atoms. The minimum absolute atomic E-state index is 0.0168. The number of benzene rings is 1. The van der Waals surface area contributed by atoms with E-state index in [1.807, 2.05) is 6.07 Å². The normalized spacial score (nSPS) is 26.5. The van der Waals surface area contributed by atoms with Crippen LogP contribution >= 0.6 is 0 Å². The number of rotatable bonds is 3. The smallest absolute Gasteiger partial charge is 0.391 e. The molecule has 1 saturated heterocycles. The molecule has 2 fully saturated rings. The second-order valence-electron chi connectivity index (χ2n) is 6.17. The van der Waals surface area contributed by atoms with E-state index in [-0.39, 0.29) is 39.1 Å². The molecule has 2 unspecified atom stereocenters. The molecule has 0 radical (unpaired) electrons. The quantitative estimate of drug-likeness (QED) is 0.788. The molecule has 1 aliphatic carbocycles. The van der Waals surface area contributed by atoms with E-state index >= 15 is 0 Å². The molecule has 0 bridgehead atoms. The number of carbonyl (C=O) groups excluding carboxylic acids is 1. The molecule has 1 aromatic carbocycles. The third-order valence-electron chi connectivity index (χ3n) is 4.64. The average molecular weight is 344 g/mol. The highest BCUT2D eigenvalue weighted by Crippen LogP contribution is 2.48. The van der Waals surface area contributed by atoms with Gasteiger partial charge in [-0.2, -0.15) is 13.2 Å². The monoisotopic (exact) mass is 344 g/mol. The van der Waals surface area contributed by atoms with Crippen LogP contribution in [0.1, 0.15) is 24.8 Å². The van der Waals surface area contributed by atoms with Crippen molar-refractivity contribution in [2.45, 2.75) is 37.8 Å². The lowest BCUT2D eigenvalue weighted by atomic mass is 9.76. The van der Waals surface area contributed by atoms with Gasteiger partial charge in [0.25, 0.3) is 0 Å². The first kappa shape index (κ1) is 17.2. The van der Waals surface area contributed by atoms with Crippen LogP contribution in [0.15, 0.2) is 30.3 Å². The molecular weight excluding hydrogens is 325 g/mol. The molecule has 2 atom stereocenters. The molecule has 3 rings (SSSR count). The van der Waals surface area contributed by atoms with E-state index in [2.05, 4.69) is 0 Å². The average Bonchev–Trinajstić information content (AvgIpc) is 3.02. The summed E-state index contributed by atoms with van der Waals surface area (Å²) in [5.41, 5.74) is 0.774. The summed E-state index contributed by atoms with van der Waals surface area (Å²) < 4.78 is 55.5. The summed E-state index contributed by atoms with van der Waals surface area (Å²) in [4.78, 5) is 12.5. The van der Waals surface area contributed by atoms with Gasteiger partial charge in [0.2, 0.25) is 0 Å². The van der Waals surface area contributed by atoms with Crippen molar-refractivity contribution in [2.75, 3.05) is 13.2 Å². The van der Waals surface area contributed by atoms with E-state index < -0.39 is 29.8 Å². The number of hydrogen-bond acceptors (Lipinski definition) is 4. The van der Waals surface area contributed by atoms with Crippen LogP contribution in [0.3, 0.4) is 0 Å². The third kappa shape index (κ3) is 3.57. The van der Waals surface area contributed by atoms with E-state index in [0.717, 1.165) is 5.56 Å². The van der Waals surface area contributed by atoms with Crippen LogP contribution in [0.2, 0.25) is 0 Å². The van der Waals surface area contributed by atoms with Gasteiger partial charge in [-0.05, 0) is 18.4 Å². The van der Waals surface area contributed by atoms with Gasteiger partial charge in [0.05, 0.1) is 19.1 Å². The van der Waals surface area contributed by atoms with Crippen LogP contribution < -0.4 is 0 Å². The molecule has 7 heteroatoms. The van der Waals surface area contributed by atoms with Crippen molar-refractivity contribution in [3.05, 3.63) is 35.9 Å². The van der Waals surface area contributed by atoms with Crippen LogP contribution in [0.4, 0.5) is 13.2 Å². The largest absolute Gasteiger partial charge is 0.460 e. The Labute approximate surface area is 137 Å². The fraction of sp³-hybridized carbons (Fsp3) is 0.588. The summed E-state index contributed by atoms with van der Waals surface area (Å²) in [7, 11) is 0. The number of ether oxygens (including phenoxy) is 3. The molecule has 132 valence electrons. The van der Waals surface area contributed by atoms with Crippen molar-refractivity contribution in [1.29, 1.82) is 0 Å². The predicted molar refractivity (Wildman–Crippen MR) is 77.8 cm³/mol. The summed E-state index contributed by atoms with van der Waals surface area (Å²) in [5.74, 6) is -4.57. The fourth-order valence-corrected chi connectivity index (χ4v) is 3.35. The molecule has 0 aromatic heterocycles. The Morgan fingerprint density at radius 3 is 2.50 bits per heavy atom. The van der Waals surface area contributed by atoms with Gasteiger partial charge >= 0.3 is 12.1 Å². The molecule has 1 saturated carbocycles. The molecular formula is C17H19F3O4. The maximum Gasteiger partial charge on any atom is 0.391 e. The lowest BCUT2D eigenvalue weighted by Gasteiger charge is -2.41. The Kier molecular flexibility index (Phi) is 4.83. The van der Waals surface area contributed by atoms with Crippen molar-refractivity contribution in [1.82, 2.24) is 0 Å². The highest BCUT2D eigenvalue weighted by atomic mass is 19.4. The van der Waals surface area contributed by atoms with Crippen LogP contribution in [-0.2, 0) is 25.6 Å². The summed E-state index contributed by atoms with van der Waals surface area (Å²) in [6, 6.07) is 8.99. The van der Waals surface area contributed by atoms with Gasteiger partial charge in [0, 0.05) is 6.42 Å². The van der Waals surface area contributed by atoms with E-state index in [1.54, 1.807) is 24.3 Å². The summed E-state index contributed by atoms with van der Waals surface area (Å²) >= 11 is 0. The predicted octanol–water partition coefficient (Wildman–Crippen LogP) is 3.45. The van der Waals surface area contributed by atoms with E-state index in [1.165, 1.54) is 0 Å². The molecule has 1 heterocycles. The first-order valence-corrected chi connectivity index (χ1v) is 7.96. The van der Waals surface area contributed by atoms with Crippen LogP contribution in [0.5, 0.6) is 0 Å². The molecule has 1 aliphatic heterocycles. The van der Waals surface area contributed by atoms with Crippen molar-refractivity contribution < 1.29 is 32.2 Å². The van der Waals surface area contributed by atoms with Gasteiger partial charge in [-0.3, -0.25) is 4.79 Å². The Morgan fingerprint density at radius 2 is 1.88 bits per heavy atom. The highest BCUT2D eigenvalue weighted by molar-refractivity contribution is 5.74. The Morgan fingerprint density at radius 1 is 1.21 bits per heavy atom. The minimum Gasteiger partial charge on any atom is -0.460 e. The van der Waals surface area contributed by atoms with Gasteiger partial charge < -0.3 is 14.2 Å². The lowest BCUT2D eigenvalue weighted by Crippen LogP contribution is -2.50. The van der Waals surface area contributed by atoms with E-state index in [9.17, 15) is 18.0 Å². The SMILES string of the molecule is O=C(OCc1ccccc1)C1CC(C(F)(F)F)CCC12OCCO2. The van der Waals surface area contributed by atoms with Crippen LogP contribution in [-0.4, -0.2) is 31.1 Å². The van der Waals surface area contributed by atoms with Gasteiger partial charge in [-0.1, -0.05) is 30.3 Å². The van der Waals surface area contributed by atoms with Crippen molar-refractivity contribution in [3.63, 3.8) is 0 Å². The standard InChI is InChI=1S/C17H19F3O4/c18-17(19,20)13-6-7-16(23-8-9-24-16)14(10-13)15(21)22-11-12-4-2-1-3-5-12/h1-5,13-14H,6-11H2. The second kappa shape index (κ2) is 6.72. The third-order valence-corrected chi connectivity index (χ3v) is 4.64. The van der Waals surface area contributed by atoms with Crippen molar-refractivity contribution in [2.24, 2.45) is 11.8 Å². The molecule has 2 aliphatic rings. The van der Waals surface area contributed by atoms with Gasteiger partial charge in [-0.15, -0.1) is 0 Å². The molecule has 0 amide bonds. The Bertz CT molecular complexity index is 567.